The van der Waals surface area contributed by atoms with E-state index in [1.807, 2.05) is 30.3 Å². The fraction of sp³-hybridized carbons (Fsp3) is 0.212. The number of carbonyl (C=O) groups excluding carboxylic acids is 3. The molecule has 0 unspecified atom stereocenters. The van der Waals surface area contributed by atoms with Gasteiger partial charge in [-0.1, -0.05) is 48.5 Å². The molecule has 9 heteroatoms. The van der Waals surface area contributed by atoms with Gasteiger partial charge in [0.15, 0.2) is 5.78 Å². The summed E-state index contributed by atoms with van der Waals surface area (Å²) in [4.78, 5) is 56.0. The van der Waals surface area contributed by atoms with E-state index in [2.05, 4.69) is 4.90 Å². The van der Waals surface area contributed by atoms with Crippen molar-refractivity contribution in [3.8, 4) is 0 Å². The van der Waals surface area contributed by atoms with Crippen molar-refractivity contribution in [1.29, 1.82) is 0 Å². The zero-order valence-corrected chi connectivity index (χ0v) is 22.8. The molecular formula is C33H29F2N3O4. The van der Waals surface area contributed by atoms with Gasteiger partial charge >= 0.3 is 0 Å². The van der Waals surface area contributed by atoms with Crippen molar-refractivity contribution in [3.05, 3.63) is 135 Å². The predicted octanol–water partition coefficient (Wildman–Crippen LogP) is 4.26. The lowest BCUT2D eigenvalue weighted by Gasteiger charge is -2.35. The summed E-state index contributed by atoms with van der Waals surface area (Å²) in [7, 11) is 0. The fourth-order valence-electron chi connectivity index (χ4n) is 5.06. The first kappa shape index (κ1) is 28.6. The predicted molar refractivity (Wildman–Crippen MR) is 155 cm³/mol. The van der Waals surface area contributed by atoms with Gasteiger partial charge in [-0.05, 0) is 53.9 Å². The number of amides is 1. The highest BCUT2D eigenvalue weighted by molar-refractivity contribution is 6.40. The molecule has 0 saturated carbocycles. The van der Waals surface area contributed by atoms with Crippen LogP contribution in [0.3, 0.4) is 0 Å². The third-order valence-corrected chi connectivity index (χ3v) is 7.31. The monoisotopic (exact) mass is 569 g/mol. The molecule has 1 saturated heterocycles. The molecule has 0 N–H and O–H groups in total. The molecule has 0 radical (unpaired) electrons. The maximum atomic E-state index is 14.4. The molecule has 0 spiro atoms. The highest BCUT2D eigenvalue weighted by atomic mass is 19.1. The molecule has 3 aromatic carbocycles. The number of anilines is 1. The van der Waals surface area contributed by atoms with Crippen molar-refractivity contribution in [2.75, 3.05) is 31.1 Å². The maximum absolute atomic E-state index is 14.4. The number of hydrogen-bond acceptors (Lipinski definition) is 5. The third-order valence-electron chi connectivity index (χ3n) is 7.31. The van der Waals surface area contributed by atoms with Crippen LogP contribution in [-0.4, -0.2) is 53.1 Å². The molecule has 42 heavy (non-hydrogen) atoms. The van der Waals surface area contributed by atoms with E-state index in [1.165, 1.54) is 52.1 Å². The molecule has 1 aliphatic heterocycles. The van der Waals surface area contributed by atoms with Crippen LogP contribution in [0.25, 0.3) is 0 Å². The standard InChI is InChI=1S/C33H29F2N3O4/c34-26-12-10-23(11-13-26)18-24-19-28(32(41)38(21-24)22-25-6-4-5-9-29(25)35)30(39)20-31(40)33(42)37-16-14-36(15-17-37)27-7-2-1-3-8-27/h1-13,19,21H,14-18,20,22H2. The Bertz CT molecular complexity index is 1660. The minimum atomic E-state index is -0.892. The van der Waals surface area contributed by atoms with Crippen LogP contribution < -0.4 is 10.5 Å². The van der Waals surface area contributed by atoms with Gasteiger partial charge in [0.25, 0.3) is 11.5 Å². The van der Waals surface area contributed by atoms with Gasteiger partial charge in [0.2, 0.25) is 5.78 Å². The first-order chi connectivity index (χ1) is 20.3. The van der Waals surface area contributed by atoms with Crippen LogP contribution in [0.2, 0.25) is 0 Å². The van der Waals surface area contributed by atoms with E-state index in [1.54, 1.807) is 18.2 Å². The van der Waals surface area contributed by atoms with Crippen LogP contribution in [-0.2, 0) is 22.6 Å². The fourth-order valence-corrected chi connectivity index (χ4v) is 5.06. The lowest BCUT2D eigenvalue weighted by molar-refractivity contribution is -0.144. The van der Waals surface area contributed by atoms with Crippen LogP contribution in [0.15, 0.2) is 95.9 Å². The van der Waals surface area contributed by atoms with Crippen molar-refractivity contribution in [1.82, 2.24) is 9.47 Å². The second-order valence-electron chi connectivity index (χ2n) is 10.2. The number of benzene rings is 3. The van der Waals surface area contributed by atoms with Gasteiger partial charge in [0.05, 0.1) is 18.5 Å². The molecule has 7 nitrogen and oxygen atoms in total. The van der Waals surface area contributed by atoms with Crippen molar-refractivity contribution >= 4 is 23.2 Å². The smallest absolute Gasteiger partial charge is 0.290 e. The molecule has 2 heterocycles. The van der Waals surface area contributed by atoms with Crippen LogP contribution in [0.4, 0.5) is 14.5 Å². The number of para-hydroxylation sites is 1. The van der Waals surface area contributed by atoms with Gasteiger partial charge in [-0.25, -0.2) is 8.78 Å². The molecule has 214 valence electrons. The molecule has 1 amide bonds. The Balaban J connectivity index is 1.33. The van der Waals surface area contributed by atoms with Gasteiger partial charge in [-0.2, -0.15) is 0 Å². The van der Waals surface area contributed by atoms with E-state index in [4.69, 9.17) is 0 Å². The van der Waals surface area contributed by atoms with E-state index in [0.29, 0.717) is 31.7 Å². The first-order valence-corrected chi connectivity index (χ1v) is 13.6. The van der Waals surface area contributed by atoms with E-state index in [-0.39, 0.29) is 24.1 Å². The average Bonchev–Trinajstić information content (AvgIpc) is 3.01. The van der Waals surface area contributed by atoms with Crippen molar-refractivity contribution in [2.24, 2.45) is 0 Å². The Labute approximate surface area is 241 Å². The molecule has 0 bridgehead atoms. The van der Waals surface area contributed by atoms with Crippen LogP contribution in [0, 0.1) is 11.6 Å². The molecule has 5 rings (SSSR count). The normalized spacial score (nSPS) is 13.2. The summed E-state index contributed by atoms with van der Waals surface area (Å²) in [6.45, 7) is 1.61. The zero-order valence-electron chi connectivity index (χ0n) is 22.8. The second-order valence-corrected chi connectivity index (χ2v) is 10.2. The lowest BCUT2D eigenvalue weighted by Crippen LogP contribution is -2.50. The lowest BCUT2D eigenvalue weighted by atomic mass is 10.0. The summed E-state index contributed by atoms with van der Waals surface area (Å²) < 4.78 is 29.0. The molecule has 0 atom stereocenters. The average molecular weight is 570 g/mol. The van der Waals surface area contributed by atoms with Crippen molar-refractivity contribution < 1.29 is 23.2 Å². The number of ketones is 2. The summed E-state index contributed by atoms with van der Waals surface area (Å²) in [6, 6.07) is 22.9. The largest absolute Gasteiger partial charge is 0.368 e. The third kappa shape index (κ3) is 6.68. The Morgan fingerprint density at radius 3 is 2.12 bits per heavy atom. The highest BCUT2D eigenvalue weighted by Crippen LogP contribution is 2.17. The van der Waals surface area contributed by atoms with Crippen molar-refractivity contribution in [3.63, 3.8) is 0 Å². The van der Waals surface area contributed by atoms with Crippen LogP contribution in [0.5, 0.6) is 0 Å². The number of rotatable bonds is 9. The van der Waals surface area contributed by atoms with Gasteiger partial charge in [0.1, 0.15) is 11.6 Å². The number of halogens is 2. The summed E-state index contributed by atoms with van der Waals surface area (Å²) in [5.74, 6) is -3.34. The molecule has 0 aliphatic carbocycles. The van der Waals surface area contributed by atoms with E-state index < -0.39 is 41.1 Å². The number of carbonyl (C=O) groups is 3. The maximum Gasteiger partial charge on any atom is 0.290 e. The molecule has 1 fully saturated rings. The highest BCUT2D eigenvalue weighted by Gasteiger charge is 2.28. The Hall–Kier alpha value is -4.92. The number of nitrogens with zero attached hydrogens (tertiary/aromatic N) is 3. The summed E-state index contributed by atoms with van der Waals surface area (Å²) >= 11 is 0. The Kier molecular flexibility index (Phi) is 8.66. The molecule has 1 aromatic heterocycles. The molecular weight excluding hydrogens is 540 g/mol. The molecule has 4 aromatic rings. The Morgan fingerprint density at radius 1 is 0.762 bits per heavy atom. The van der Waals surface area contributed by atoms with Crippen LogP contribution in [0.1, 0.15) is 33.5 Å². The number of piperazine rings is 1. The van der Waals surface area contributed by atoms with Crippen molar-refractivity contribution in [2.45, 2.75) is 19.4 Å². The minimum Gasteiger partial charge on any atom is -0.368 e. The first-order valence-electron chi connectivity index (χ1n) is 13.6. The second kappa shape index (κ2) is 12.7. The molecule has 1 aliphatic rings. The minimum absolute atomic E-state index is 0.137. The Morgan fingerprint density at radius 2 is 1.43 bits per heavy atom. The summed E-state index contributed by atoms with van der Waals surface area (Å²) in [5, 5.41) is 0. The van der Waals surface area contributed by atoms with Crippen LogP contribution >= 0.6 is 0 Å². The number of Topliss-reactive ketones (excluding diaryl/α,β-unsaturated/α-hetero) is 2. The quantitative estimate of drug-likeness (QED) is 0.171. The summed E-state index contributed by atoms with van der Waals surface area (Å²) in [5.41, 5.74) is 1.59. The van der Waals surface area contributed by atoms with E-state index in [0.717, 1.165) is 11.3 Å². The summed E-state index contributed by atoms with van der Waals surface area (Å²) in [6.07, 6.45) is 1.03. The van der Waals surface area contributed by atoms with Gasteiger partial charge in [-0.15, -0.1) is 0 Å². The van der Waals surface area contributed by atoms with Gasteiger partial charge in [0, 0.05) is 43.6 Å². The van der Waals surface area contributed by atoms with Gasteiger partial charge < -0.3 is 14.4 Å². The topological polar surface area (TPSA) is 79.7 Å². The zero-order chi connectivity index (χ0) is 29.6. The van der Waals surface area contributed by atoms with Gasteiger partial charge in [-0.3, -0.25) is 19.2 Å². The number of aromatic nitrogens is 1. The number of pyridine rings is 1. The SMILES string of the molecule is O=C(CC(=O)c1cc(Cc2ccc(F)cc2)cn(Cc2ccccc2F)c1=O)C(=O)N1CCN(c2ccccc2)CC1. The van der Waals surface area contributed by atoms with E-state index >= 15 is 0 Å². The number of hydrogen-bond donors (Lipinski definition) is 0. The van der Waals surface area contributed by atoms with E-state index in [9.17, 15) is 28.0 Å².